The molecule has 4 heteroatoms. The Bertz CT molecular complexity index is 429. The van der Waals surface area contributed by atoms with Gasteiger partial charge in [0.15, 0.2) is 0 Å². The summed E-state index contributed by atoms with van der Waals surface area (Å²) in [7, 11) is 0. The van der Waals surface area contributed by atoms with Crippen molar-refractivity contribution >= 4 is 5.91 Å². The van der Waals surface area contributed by atoms with Crippen molar-refractivity contribution in [3.63, 3.8) is 0 Å². The van der Waals surface area contributed by atoms with Gasteiger partial charge in [-0.05, 0) is 49.7 Å². The Morgan fingerprint density at radius 3 is 3.05 bits per heavy atom. The predicted octanol–water partition coefficient (Wildman–Crippen LogP) is 2.74. The molecule has 1 aromatic heterocycles. The zero-order valence-electron chi connectivity index (χ0n) is 11.8. The molecule has 3 rings (SSSR count). The third-order valence-corrected chi connectivity index (χ3v) is 4.66. The van der Waals surface area contributed by atoms with E-state index in [0.29, 0.717) is 25.7 Å². The Balaban J connectivity index is 1.25. The van der Waals surface area contributed by atoms with Gasteiger partial charge < -0.3 is 14.5 Å². The van der Waals surface area contributed by atoms with Crippen LogP contribution in [0.4, 0.5) is 0 Å². The van der Waals surface area contributed by atoms with Gasteiger partial charge in [-0.15, -0.1) is 0 Å². The first-order valence-corrected chi connectivity index (χ1v) is 7.71. The summed E-state index contributed by atoms with van der Waals surface area (Å²) in [6.45, 7) is 1.87. The molecule has 3 unspecified atom stereocenters. The van der Waals surface area contributed by atoms with Crippen LogP contribution in [0.2, 0.25) is 0 Å². The summed E-state index contributed by atoms with van der Waals surface area (Å²) in [4.78, 5) is 12.1. The smallest absolute Gasteiger partial charge is 0.223 e. The van der Waals surface area contributed by atoms with Gasteiger partial charge in [-0.25, -0.2) is 0 Å². The molecule has 2 saturated carbocycles. The second-order valence-corrected chi connectivity index (χ2v) is 6.06. The molecule has 20 heavy (non-hydrogen) atoms. The van der Waals surface area contributed by atoms with Crippen molar-refractivity contribution in [3.8, 4) is 0 Å². The highest BCUT2D eigenvalue weighted by Gasteiger charge is 2.42. The minimum absolute atomic E-state index is 0.267. The first-order valence-electron chi connectivity index (χ1n) is 7.71. The number of hydrogen-bond donors (Lipinski definition) is 1. The number of rotatable bonds is 7. The molecule has 1 heterocycles. The Labute approximate surface area is 119 Å². The van der Waals surface area contributed by atoms with Crippen LogP contribution >= 0.6 is 0 Å². The molecular weight excluding hydrogens is 254 g/mol. The zero-order chi connectivity index (χ0) is 13.8. The summed E-state index contributed by atoms with van der Waals surface area (Å²) >= 11 is 0. The van der Waals surface area contributed by atoms with Gasteiger partial charge in [0.05, 0.1) is 6.26 Å². The van der Waals surface area contributed by atoms with E-state index >= 15 is 0 Å². The lowest BCUT2D eigenvalue weighted by Crippen LogP contribution is -2.34. The average molecular weight is 277 g/mol. The van der Waals surface area contributed by atoms with Crippen molar-refractivity contribution in [3.05, 3.63) is 24.2 Å². The molecule has 0 saturated heterocycles. The number of nitrogens with one attached hydrogen (secondary N) is 1. The number of furan rings is 1. The first-order chi connectivity index (χ1) is 9.83. The maximum atomic E-state index is 12.1. The second-order valence-electron chi connectivity index (χ2n) is 6.06. The van der Waals surface area contributed by atoms with E-state index in [1.165, 1.54) is 19.3 Å². The van der Waals surface area contributed by atoms with E-state index in [9.17, 15) is 4.79 Å². The van der Waals surface area contributed by atoms with Crippen molar-refractivity contribution in [1.29, 1.82) is 0 Å². The summed E-state index contributed by atoms with van der Waals surface area (Å²) in [5.74, 6) is 2.89. The topological polar surface area (TPSA) is 51.5 Å². The van der Waals surface area contributed by atoms with Crippen molar-refractivity contribution < 1.29 is 13.9 Å². The monoisotopic (exact) mass is 277 g/mol. The molecule has 0 aliphatic heterocycles. The van der Waals surface area contributed by atoms with Gasteiger partial charge in [0.1, 0.15) is 12.4 Å². The van der Waals surface area contributed by atoms with Crippen LogP contribution in [-0.4, -0.2) is 19.1 Å². The van der Waals surface area contributed by atoms with Gasteiger partial charge >= 0.3 is 0 Å². The number of fused-ring (bicyclic) bond motifs is 2. The Morgan fingerprint density at radius 1 is 1.40 bits per heavy atom. The Morgan fingerprint density at radius 2 is 2.35 bits per heavy atom. The number of amides is 1. The molecule has 2 aliphatic carbocycles. The average Bonchev–Trinajstić information content (AvgIpc) is 3.18. The second kappa shape index (κ2) is 6.44. The lowest BCUT2D eigenvalue weighted by atomic mass is 9.88. The standard InChI is InChI=1S/C16H23NO3/c18-16(15-10-12-4-5-13(15)9-12)17-6-2-7-19-11-14-3-1-8-20-14/h1,3,8,12-13,15H,2,4-7,9-11H2,(H,17,18). The van der Waals surface area contributed by atoms with Gasteiger partial charge in [0.25, 0.3) is 0 Å². The number of hydrogen-bond acceptors (Lipinski definition) is 3. The molecule has 2 fully saturated rings. The SMILES string of the molecule is O=C(NCCCOCc1ccco1)C1CC2CCC1C2. The van der Waals surface area contributed by atoms with Crippen molar-refractivity contribution in [2.75, 3.05) is 13.2 Å². The normalized spacial score (nSPS) is 27.9. The summed E-state index contributed by atoms with van der Waals surface area (Å²) in [6, 6.07) is 3.76. The summed E-state index contributed by atoms with van der Waals surface area (Å²) in [5, 5.41) is 3.06. The number of ether oxygens (including phenoxy) is 1. The lowest BCUT2D eigenvalue weighted by molar-refractivity contribution is -0.126. The molecule has 0 spiro atoms. The molecule has 110 valence electrons. The highest BCUT2D eigenvalue weighted by Crippen LogP contribution is 2.48. The molecule has 0 aromatic carbocycles. The fourth-order valence-corrected chi connectivity index (χ4v) is 3.65. The van der Waals surface area contributed by atoms with Crippen LogP contribution < -0.4 is 5.32 Å². The third-order valence-electron chi connectivity index (χ3n) is 4.66. The van der Waals surface area contributed by atoms with E-state index in [-0.39, 0.29) is 11.8 Å². The van der Waals surface area contributed by atoms with Crippen molar-refractivity contribution in [2.45, 2.75) is 38.7 Å². The molecule has 3 atom stereocenters. The largest absolute Gasteiger partial charge is 0.467 e. The molecule has 0 radical (unpaired) electrons. The van der Waals surface area contributed by atoms with Gasteiger partial charge in [0.2, 0.25) is 5.91 Å². The maximum Gasteiger partial charge on any atom is 0.223 e. The van der Waals surface area contributed by atoms with Gasteiger partial charge in [-0.1, -0.05) is 6.42 Å². The first kappa shape index (κ1) is 13.7. The van der Waals surface area contributed by atoms with Gasteiger partial charge in [-0.2, -0.15) is 0 Å². The van der Waals surface area contributed by atoms with Crippen LogP contribution in [0.15, 0.2) is 22.8 Å². The fourth-order valence-electron chi connectivity index (χ4n) is 3.65. The van der Waals surface area contributed by atoms with Gasteiger partial charge in [-0.3, -0.25) is 4.79 Å². The fraction of sp³-hybridized carbons (Fsp3) is 0.688. The highest BCUT2D eigenvalue weighted by molar-refractivity contribution is 5.79. The van der Waals surface area contributed by atoms with Crippen molar-refractivity contribution in [2.24, 2.45) is 17.8 Å². The molecule has 4 nitrogen and oxygen atoms in total. The Hall–Kier alpha value is -1.29. The molecule has 1 amide bonds. The van der Waals surface area contributed by atoms with Crippen LogP contribution in [0, 0.1) is 17.8 Å². The minimum Gasteiger partial charge on any atom is -0.467 e. The Kier molecular flexibility index (Phi) is 4.41. The quantitative estimate of drug-likeness (QED) is 0.780. The summed E-state index contributed by atoms with van der Waals surface area (Å²) in [5.41, 5.74) is 0. The van der Waals surface area contributed by atoms with E-state index in [1.54, 1.807) is 6.26 Å². The number of carbonyl (C=O) groups is 1. The third kappa shape index (κ3) is 3.23. The lowest BCUT2D eigenvalue weighted by Gasteiger charge is -2.20. The zero-order valence-corrected chi connectivity index (χ0v) is 11.8. The van der Waals surface area contributed by atoms with E-state index in [0.717, 1.165) is 24.5 Å². The predicted molar refractivity (Wildman–Crippen MR) is 74.9 cm³/mol. The molecular formula is C16H23NO3. The number of carbonyl (C=O) groups excluding carboxylic acids is 1. The van der Waals surface area contributed by atoms with E-state index in [2.05, 4.69) is 5.32 Å². The molecule has 2 bridgehead atoms. The van der Waals surface area contributed by atoms with E-state index < -0.39 is 0 Å². The summed E-state index contributed by atoms with van der Waals surface area (Å²) in [6.07, 6.45) is 7.50. The molecule has 2 aliphatic rings. The van der Waals surface area contributed by atoms with Crippen LogP contribution in [0.1, 0.15) is 37.9 Å². The minimum atomic E-state index is 0.267. The summed E-state index contributed by atoms with van der Waals surface area (Å²) < 4.78 is 10.7. The van der Waals surface area contributed by atoms with Crippen molar-refractivity contribution in [1.82, 2.24) is 5.32 Å². The van der Waals surface area contributed by atoms with Crippen LogP contribution in [-0.2, 0) is 16.1 Å². The van der Waals surface area contributed by atoms with Crippen LogP contribution in [0.3, 0.4) is 0 Å². The van der Waals surface area contributed by atoms with E-state index in [4.69, 9.17) is 9.15 Å². The van der Waals surface area contributed by atoms with Crippen LogP contribution in [0.5, 0.6) is 0 Å². The van der Waals surface area contributed by atoms with Crippen LogP contribution in [0.25, 0.3) is 0 Å². The maximum absolute atomic E-state index is 12.1. The molecule has 1 aromatic rings. The highest BCUT2D eigenvalue weighted by atomic mass is 16.5. The van der Waals surface area contributed by atoms with Gasteiger partial charge in [0, 0.05) is 19.1 Å². The van der Waals surface area contributed by atoms with E-state index in [1.807, 2.05) is 12.1 Å². The molecule has 1 N–H and O–H groups in total.